The van der Waals surface area contributed by atoms with Crippen molar-refractivity contribution in [2.75, 3.05) is 0 Å². The van der Waals surface area contributed by atoms with Crippen molar-refractivity contribution in [3.05, 3.63) is 42.0 Å². The fourth-order valence-electron chi connectivity index (χ4n) is 3.06. The summed E-state index contributed by atoms with van der Waals surface area (Å²) in [6, 6.07) is 8.81. The Labute approximate surface area is 132 Å². The predicted octanol–water partition coefficient (Wildman–Crippen LogP) is 5.73. The van der Waals surface area contributed by atoms with Crippen molar-refractivity contribution in [1.82, 2.24) is 0 Å². The third-order valence-electron chi connectivity index (χ3n) is 4.51. The van der Waals surface area contributed by atoms with Crippen LogP contribution >= 0.6 is 0 Å². The number of allylic oxidation sites excluding steroid dienone is 1. The zero-order chi connectivity index (χ0) is 15.2. The molecule has 116 valence electrons. The van der Waals surface area contributed by atoms with Crippen LogP contribution < -0.4 is 0 Å². The number of rotatable bonds is 8. The zero-order valence-electron chi connectivity index (χ0n) is 13.9. The Kier molecular flexibility index (Phi) is 6.25. The fraction of sp³-hybridized carbons (Fsp3) is 0.579. The van der Waals surface area contributed by atoms with Crippen LogP contribution in [0.5, 0.6) is 0 Å². The molecule has 0 radical (unpaired) electrons. The highest BCUT2D eigenvalue weighted by atomic mass is 28.3. The minimum absolute atomic E-state index is 0.268. The van der Waals surface area contributed by atoms with Gasteiger partial charge in [0.15, 0.2) is 9.04 Å². The van der Waals surface area contributed by atoms with Crippen molar-refractivity contribution >= 4 is 14.6 Å². The summed E-state index contributed by atoms with van der Waals surface area (Å²) in [5, 5.41) is 0. The van der Waals surface area contributed by atoms with Gasteiger partial charge in [0, 0.05) is 0 Å². The molecule has 2 rings (SSSR count). The molecular weight excluding hydrogens is 272 g/mol. The molecule has 1 aromatic rings. The van der Waals surface area contributed by atoms with E-state index in [4.69, 9.17) is 4.43 Å². The van der Waals surface area contributed by atoms with Gasteiger partial charge in [-0.1, -0.05) is 57.0 Å². The Morgan fingerprint density at radius 3 is 2.62 bits per heavy atom. The van der Waals surface area contributed by atoms with Gasteiger partial charge in [-0.2, -0.15) is 0 Å². The molecule has 1 aliphatic carbocycles. The van der Waals surface area contributed by atoms with Crippen LogP contribution in [0.4, 0.5) is 0 Å². The van der Waals surface area contributed by atoms with E-state index in [2.05, 4.69) is 50.9 Å². The average Bonchev–Trinajstić information content (AvgIpc) is 2.41. The Bertz CT molecular complexity index is 462. The van der Waals surface area contributed by atoms with Crippen molar-refractivity contribution in [2.45, 2.75) is 64.6 Å². The lowest BCUT2D eigenvalue weighted by Gasteiger charge is -2.31. The normalized spacial score (nSPS) is 16.8. The van der Waals surface area contributed by atoms with Gasteiger partial charge in [-0.15, -0.1) is 0 Å². The Morgan fingerprint density at radius 2 is 2.05 bits per heavy atom. The second-order valence-electron chi connectivity index (χ2n) is 6.56. The van der Waals surface area contributed by atoms with Crippen LogP contribution in [0.15, 0.2) is 30.8 Å². The van der Waals surface area contributed by atoms with Gasteiger partial charge >= 0.3 is 0 Å². The first-order valence-electron chi connectivity index (χ1n) is 8.57. The lowest BCUT2D eigenvalue weighted by molar-refractivity contribution is 0.194. The highest BCUT2D eigenvalue weighted by molar-refractivity contribution is 6.48. The van der Waals surface area contributed by atoms with E-state index >= 15 is 0 Å². The number of benzene rings is 1. The fourth-order valence-corrected chi connectivity index (χ4v) is 4.00. The second-order valence-corrected chi connectivity index (χ2v) is 8.93. The van der Waals surface area contributed by atoms with Crippen LogP contribution in [0.25, 0.3) is 5.57 Å². The maximum Gasteiger partial charge on any atom is 0.171 e. The van der Waals surface area contributed by atoms with Crippen LogP contribution in [0.1, 0.15) is 62.7 Å². The van der Waals surface area contributed by atoms with Crippen LogP contribution in [0, 0.1) is 5.92 Å². The van der Waals surface area contributed by atoms with E-state index in [1.54, 1.807) is 0 Å². The van der Waals surface area contributed by atoms with Crippen LogP contribution in [0.2, 0.25) is 13.1 Å². The summed E-state index contributed by atoms with van der Waals surface area (Å²) < 4.78 is 6.36. The van der Waals surface area contributed by atoms with Crippen molar-refractivity contribution in [1.29, 1.82) is 0 Å². The lowest BCUT2D eigenvalue weighted by Crippen LogP contribution is -2.18. The van der Waals surface area contributed by atoms with E-state index in [0.29, 0.717) is 5.92 Å². The third kappa shape index (κ3) is 4.30. The van der Waals surface area contributed by atoms with E-state index in [-0.39, 0.29) is 6.10 Å². The SMILES string of the molecule is C=C(c1ccccc1C(CCCC)O[SiH](C)C)C1CCC1. The molecule has 0 bridgehead atoms. The van der Waals surface area contributed by atoms with Gasteiger partial charge in [-0.25, -0.2) is 0 Å². The van der Waals surface area contributed by atoms with Gasteiger partial charge in [-0.05, 0) is 55.0 Å². The summed E-state index contributed by atoms with van der Waals surface area (Å²) in [6.07, 6.45) is 7.85. The quantitative estimate of drug-likeness (QED) is 0.557. The minimum atomic E-state index is -1.04. The summed E-state index contributed by atoms with van der Waals surface area (Å²) in [6.45, 7) is 11.2. The molecule has 1 fully saturated rings. The topological polar surface area (TPSA) is 9.23 Å². The molecule has 0 amide bonds. The first-order valence-corrected chi connectivity index (χ1v) is 11.3. The molecule has 1 aliphatic rings. The Hall–Kier alpha value is -0.863. The van der Waals surface area contributed by atoms with Crippen molar-refractivity contribution in [3.63, 3.8) is 0 Å². The molecule has 0 aromatic heterocycles. The first-order chi connectivity index (χ1) is 10.1. The minimum Gasteiger partial charge on any atom is -0.414 e. The lowest BCUT2D eigenvalue weighted by atomic mass is 9.76. The van der Waals surface area contributed by atoms with E-state index in [0.717, 1.165) is 6.42 Å². The van der Waals surface area contributed by atoms with Gasteiger partial charge in [0.05, 0.1) is 6.10 Å². The molecule has 0 spiro atoms. The van der Waals surface area contributed by atoms with Crippen molar-refractivity contribution in [2.24, 2.45) is 5.92 Å². The van der Waals surface area contributed by atoms with Crippen molar-refractivity contribution in [3.8, 4) is 0 Å². The predicted molar refractivity (Wildman–Crippen MR) is 95.0 cm³/mol. The zero-order valence-corrected chi connectivity index (χ0v) is 15.1. The molecule has 1 unspecified atom stereocenters. The second kappa shape index (κ2) is 7.95. The van der Waals surface area contributed by atoms with E-state index < -0.39 is 9.04 Å². The molecule has 0 heterocycles. The molecule has 2 heteroatoms. The molecular formula is C19H30OSi. The summed E-state index contributed by atoms with van der Waals surface area (Å²) in [5.41, 5.74) is 4.08. The number of hydrogen-bond acceptors (Lipinski definition) is 1. The molecule has 0 N–H and O–H groups in total. The largest absolute Gasteiger partial charge is 0.414 e. The molecule has 21 heavy (non-hydrogen) atoms. The molecule has 0 aliphatic heterocycles. The Balaban J connectivity index is 2.23. The summed E-state index contributed by atoms with van der Waals surface area (Å²) in [5.74, 6) is 0.703. The summed E-state index contributed by atoms with van der Waals surface area (Å²) in [4.78, 5) is 0. The molecule has 1 atom stereocenters. The van der Waals surface area contributed by atoms with Gasteiger partial charge in [0.1, 0.15) is 0 Å². The van der Waals surface area contributed by atoms with Crippen molar-refractivity contribution < 1.29 is 4.43 Å². The third-order valence-corrected chi connectivity index (χ3v) is 5.38. The molecule has 1 aromatic carbocycles. The standard InChI is InChI=1S/C19H30OSi/c1-5-6-14-19(20-21(3)4)18-13-8-7-12-17(18)15(2)16-10-9-11-16/h7-8,12-13,16,19,21H,2,5-6,9-11,14H2,1,3-4H3. The van der Waals surface area contributed by atoms with Gasteiger partial charge in [0.25, 0.3) is 0 Å². The highest BCUT2D eigenvalue weighted by Crippen LogP contribution is 2.40. The van der Waals surface area contributed by atoms with E-state index in [9.17, 15) is 0 Å². The monoisotopic (exact) mass is 302 g/mol. The van der Waals surface area contributed by atoms with Crippen LogP contribution in [0.3, 0.4) is 0 Å². The van der Waals surface area contributed by atoms with E-state index in [1.807, 2.05) is 0 Å². The van der Waals surface area contributed by atoms with Crippen LogP contribution in [-0.4, -0.2) is 9.04 Å². The highest BCUT2D eigenvalue weighted by Gasteiger charge is 2.25. The maximum atomic E-state index is 6.36. The van der Waals surface area contributed by atoms with E-state index in [1.165, 1.54) is 48.8 Å². The van der Waals surface area contributed by atoms with Gasteiger partial charge < -0.3 is 4.43 Å². The molecule has 0 saturated heterocycles. The average molecular weight is 303 g/mol. The molecule has 1 saturated carbocycles. The smallest absolute Gasteiger partial charge is 0.171 e. The first kappa shape index (κ1) is 16.5. The summed E-state index contributed by atoms with van der Waals surface area (Å²) >= 11 is 0. The van der Waals surface area contributed by atoms with Gasteiger partial charge in [-0.3, -0.25) is 0 Å². The van der Waals surface area contributed by atoms with Crippen LogP contribution in [-0.2, 0) is 4.43 Å². The maximum absolute atomic E-state index is 6.36. The number of hydrogen-bond donors (Lipinski definition) is 0. The summed E-state index contributed by atoms with van der Waals surface area (Å²) in [7, 11) is -1.04. The molecule has 1 nitrogen and oxygen atoms in total. The van der Waals surface area contributed by atoms with Gasteiger partial charge in [0.2, 0.25) is 0 Å². The Morgan fingerprint density at radius 1 is 1.33 bits per heavy atom. The number of unbranched alkanes of at least 4 members (excludes halogenated alkanes) is 1.